The lowest BCUT2D eigenvalue weighted by Crippen LogP contribution is -2.55. The highest BCUT2D eigenvalue weighted by molar-refractivity contribution is 6.12. The first-order valence-electron chi connectivity index (χ1n) is 26.2. The molecule has 8 rings (SSSR count). The molecule has 2 amide bonds. The first-order valence-corrected chi connectivity index (χ1v) is 26.2. The van der Waals surface area contributed by atoms with Crippen LogP contribution in [-0.4, -0.2) is 58.5 Å². The Morgan fingerprint density at radius 1 is 0.744 bits per heavy atom. The molecule has 1 aliphatic rings. The van der Waals surface area contributed by atoms with E-state index < -0.39 is 59.7 Å². The number of hydrogen-bond donors (Lipinski definition) is 2. The van der Waals surface area contributed by atoms with Gasteiger partial charge in [-0.25, -0.2) is 13.2 Å². The minimum Gasteiger partial charge on any atom is -0.494 e. The van der Waals surface area contributed by atoms with Crippen LogP contribution in [0.25, 0.3) is 22.4 Å². The molecule has 0 radical (unpaired) electrons. The lowest BCUT2D eigenvalue weighted by molar-refractivity contribution is -0.151. The molecule has 0 bridgehead atoms. The van der Waals surface area contributed by atoms with Crippen molar-refractivity contribution in [3.05, 3.63) is 198 Å². The summed E-state index contributed by atoms with van der Waals surface area (Å²) in [5.41, 5.74) is 6.43. The summed E-state index contributed by atoms with van der Waals surface area (Å²) in [6.07, 6.45) is -1.16. The summed E-state index contributed by atoms with van der Waals surface area (Å²) in [5.74, 6) is -3.09. The zero-order valence-corrected chi connectivity index (χ0v) is 43.7. The van der Waals surface area contributed by atoms with Crippen LogP contribution < -0.4 is 15.0 Å². The zero-order chi connectivity index (χ0) is 55.3. The Labute approximate surface area is 451 Å². The topological polar surface area (TPSA) is 153 Å². The number of amides is 2. The van der Waals surface area contributed by atoms with Crippen molar-refractivity contribution in [2.24, 2.45) is 5.92 Å². The third-order valence-electron chi connectivity index (χ3n) is 13.8. The van der Waals surface area contributed by atoms with Gasteiger partial charge in [0, 0.05) is 55.4 Å². The van der Waals surface area contributed by atoms with Crippen molar-refractivity contribution in [2.45, 2.75) is 103 Å². The standard InChI is InChI=1S/C63H62F3N3O9/c1-40(2)59-58(62(74)67-49-13-8-5-9-14-49)57(43-11-6-4-7-12-43)61(45-18-24-47(65)25-19-45)68(59)36-34-51(72)39-53(35-37-70)78-56(73)15-10-38-76-52-30-20-44(21-31-52)60-54(63(75)69(60)50-28-26-48(66)27-29-50)32-33-55(77-41(3)71)42-16-22-46(64)23-17-42/h4-9,11-14,16-31,37,40,51,53-55,60,72H,10,15,32-36,38-39H2,1-3H3,(H,67,74)/t51?,53?,54-,55+,60-/m1/s1. The Balaban J connectivity index is 0.900. The SMILES string of the molecule is CC(=O)O[C@@H](CC[C@H]1C(=O)N(c2ccc(F)cc2)[C@@H]1c1ccc(OCCCC(=O)OC(CC=O)CC(O)CCn2c(-c3ccc(F)cc3)c(-c3ccccc3)c(C(=O)Nc3ccccc3)c2C(C)C)cc1)c1ccc(F)cc1. The van der Waals surface area contributed by atoms with E-state index in [0.717, 1.165) is 11.1 Å². The normalized spacial score (nSPS) is 15.2. The van der Waals surface area contributed by atoms with Gasteiger partial charge in [-0.15, -0.1) is 0 Å². The Morgan fingerprint density at radius 3 is 1.97 bits per heavy atom. The van der Waals surface area contributed by atoms with Crippen LogP contribution in [0.5, 0.6) is 5.75 Å². The summed E-state index contributed by atoms with van der Waals surface area (Å²) in [7, 11) is 0. The fraction of sp³-hybridized carbons (Fsp3) is 0.286. The van der Waals surface area contributed by atoms with E-state index in [-0.39, 0.29) is 63.0 Å². The van der Waals surface area contributed by atoms with Crippen molar-refractivity contribution in [3.8, 4) is 28.1 Å². The van der Waals surface area contributed by atoms with E-state index in [1.807, 2.05) is 79.1 Å². The van der Waals surface area contributed by atoms with E-state index in [9.17, 15) is 42.3 Å². The molecule has 0 saturated carbocycles. The summed E-state index contributed by atoms with van der Waals surface area (Å²) in [6, 6.07) is 42.7. The molecule has 6 aromatic carbocycles. The molecule has 404 valence electrons. The number of aliphatic hydroxyl groups is 1. The molecule has 12 nitrogen and oxygen atoms in total. The highest BCUT2D eigenvalue weighted by Gasteiger charge is 2.48. The predicted molar refractivity (Wildman–Crippen MR) is 291 cm³/mol. The van der Waals surface area contributed by atoms with Gasteiger partial charge in [0.1, 0.15) is 41.7 Å². The maximum atomic E-state index is 14.5. The number of β-lactam (4-membered cyclic amide) rings is 1. The van der Waals surface area contributed by atoms with Gasteiger partial charge in [0.05, 0.1) is 35.9 Å². The summed E-state index contributed by atoms with van der Waals surface area (Å²) in [5, 5.41) is 14.6. The maximum absolute atomic E-state index is 14.5. The summed E-state index contributed by atoms with van der Waals surface area (Å²) in [4.78, 5) is 66.9. The van der Waals surface area contributed by atoms with Gasteiger partial charge in [-0.05, 0) is 139 Å². The number of rotatable bonds is 25. The van der Waals surface area contributed by atoms with Crippen LogP contribution in [0.3, 0.4) is 0 Å². The van der Waals surface area contributed by atoms with E-state index in [0.29, 0.717) is 69.9 Å². The number of benzene rings is 6. The Hall–Kier alpha value is -8.30. The molecule has 1 saturated heterocycles. The molecule has 0 spiro atoms. The minimum atomic E-state index is -1.03. The highest BCUT2D eigenvalue weighted by atomic mass is 19.1. The second-order valence-corrected chi connectivity index (χ2v) is 19.7. The van der Waals surface area contributed by atoms with Gasteiger partial charge in [-0.3, -0.25) is 19.2 Å². The van der Waals surface area contributed by atoms with Crippen molar-refractivity contribution in [3.63, 3.8) is 0 Å². The number of nitrogens with one attached hydrogen (secondary N) is 1. The third-order valence-corrected chi connectivity index (χ3v) is 13.8. The molecule has 78 heavy (non-hydrogen) atoms. The number of para-hydroxylation sites is 1. The number of aldehydes is 1. The maximum Gasteiger partial charge on any atom is 0.306 e. The second-order valence-electron chi connectivity index (χ2n) is 19.7. The van der Waals surface area contributed by atoms with Crippen LogP contribution in [0, 0.1) is 23.4 Å². The second kappa shape index (κ2) is 26.2. The molecule has 15 heteroatoms. The Bertz CT molecular complexity index is 3150. The summed E-state index contributed by atoms with van der Waals surface area (Å²) < 4.78 is 61.4. The quantitative estimate of drug-likeness (QED) is 0.0246. The smallest absolute Gasteiger partial charge is 0.306 e. The highest BCUT2D eigenvalue weighted by Crippen LogP contribution is 2.47. The lowest BCUT2D eigenvalue weighted by atomic mass is 9.78. The number of aliphatic hydroxyl groups excluding tert-OH is 1. The van der Waals surface area contributed by atoms with Crippen molar-refractivity contribution in [1.29, 1.82) is 0 Å². The van der Waals surface area contributed by atoms with Gasteiger partial charge in [0.2, 0.25) is 5.91 Å². The van der Waals surface area contributed by atoms with Crippen molar-refractivity contribution >= 4 is 41.4 Å². The molecule has 7 aromatic rings. The number of halogens is 3. The number of nitrogens with zero attached hydrogens (tertiary/aromatic N) is 2. The number of esters is 2. The number of carbonyl (C=O) groups excluding carboxylic acids is 5. The van der Waals surface area contributed by atoms with Gasteiger partial charge in [0.25, 0.3) is 5.91 Å². The van der Waals surface area contributed by atoms with Crippen LogP contribution in [0.1, 0.15) is 111 Å². The van der Waals surface area contributed by atoms with Gasteiger partial charge >= 0.3 is 11.9 Å². The van der Waals surface area contributed by atoms with Gasteiger partial charge in [0.15, 0.2) is 0 Å². The summed E-state index contributed by atoms with van der Waals surface area (Å²) >= 11 is 0. The molecule has 1 aliphatic heterocycles. The van der Waals surface area contributed by atoms with E-state index >= 15 is 0 Å². The lowest BCUT2D eigenvalue weighted by Gasteiger charge is -2.48. The van der Waals surface area contributed by atoms with E-state index in [2.05, 4.69) is 5.32 Å². The molecule has 1 aromatic heterocycles. The minimum absolute atomic E-state index is 0.0303. The molecule has 5 atom stereocenters. The molecular weight excluding hydrogens is 1000 g/mol. The third kappa shape index (κ3) is 13.8. The van der Waals surface area contributed by atoms with Gasteiger partial charge < -0.3 is 38.9 Å². The van der Waals surface area contributed by atoms with E-state index in [1.54, 1.807) is 53.4 Å². The number of carbonyl (C=O) groups is 5. The number of ether oxygens (including phenoxy) is 3. The summed E-state index contributed by atoms with van der Waals surface area (Å²) in [6.45, 7) is 5.63. The van der Waals surface area contributed by atoms with Crippen molar-refractivity contribution in [1.82, 2.24) is 4.57 Å². The fourth-order valence-electron chi connectivity index (χ4n) is 10.2. The van der Waals surface area contributed by atoms with Crippen LogP contribution in [0.2, 0.25) is 0 Å². The fourth-order valence-corrected chi connectivity index (χ4v) is 10.2. The average Bonchev–Trinajstić information content (AvgIpc) is 4.00. The Morgan fingerprint density at radius 2 is 1.36 bits per heavy atom. The van der Waals surface area contributed by atoms with E-state index in [4.69, 9.17) is 14.2 Å². The van der Waals surface area contributed by atoms with Gasteiger partial charge in [-0.2, -0.15) is 0 Å². The first kappa shape index (κ1) is 55.9. The first-order chi connectivity index (χ1) is 37.7. The van der Waals surface area contributed by atoms with Crippen LogP contribution in [0.15, 0.2) is 158 Å². The van der Waals surface area contributed by atoms with Crippen LogP contribution in [0.4, 0.5) is 24.5 Å². The average molecular weight is 1060 g/mol. The van der Waals surface area contributed by atoms with Crippen molar-refractivity contribution < 1.29 is 56.5 Å². The molecule has 1 fully saturated rings. The van der Waals surface area contributed by atoms with Gasteiger partial charge in [-0.1, -0.05) is 86.6 Å². The number of aromatic nitrogens is 1. The Kier molecular flexibility index (Phi) is 18.8. The van der Waals surface area contributed by atoms with E-state index in [1.165, 1.54) is 55.5 Å². The van der Waals surface area contributed by atoms with Crippen molar-refractivity contribution in [2.75, 3.05) is 16.8 Å². The number of anilines is 2. The van der Waals surface area contributed by atoms with Crippen LogP contribution in [-0.2, 0) is 35.2 Å². The molecule has 0 aliphatic carbocycles. The predicted octanol–water partition coefficient (Wildman–Crippen LogP) is 12.9. The zero-order valence-electron chi connectivity index (χ0n) is 43.7. The molecule has 2 N–H and O–H groups in total. The molecule has 2 unspecified atom stereocenters. The molecule has 2 heterocycles. The number of hydrogen-bond acceptors (Lipinski definition) is 9. The monoisotopic (exact) mass is 1060 g/mol. The van der Waals surface area contributed by atoms with Crippen LogP contribution >= 0.6 is 0 Å². The molecular formula is C63H62F3N3O9. The largest absolute Gasteiger partial charge is 0.494 e.